The van der Waals surface area contributed by atoms with Crippen molar-refractivity contribution in [2.75, 3.05) is 13.1 Å². The van der Waals surface area contributed by atoms with Gasteiger partial charge < -0.3 is 19.7 Å². The van der Waals surface area contributed by atoms with Gasteiger partial charge in [-0.1, -0.05) is 31.1 Å². The minimum absolute atomic E-state index is 0.580. The number of fused-ring (bicyclic) bond motifs is 1. The van der Waals surface area contributed by atoms with Gasteiger partial charge in [0.1, 0.15) is 11.6 Å². The minimum atomic E-state index is 0.580. The number of nitrogens with one attached hydrogen (secondary N) is 2. The van der Waals surface area contributed by atoms with Crippen LogP contribution in [0, 0.1) is 6.92 Å². The number of aliphatic imine (C=N–C) groups is 1. The first-order valence-corrected chi connectivity index (χ1v) is 10.6. The number of rotatable bonds is 9. The number of para-hydroxylation sites is 2. The Morgan fingerprint density at radius 2 is 1.97 bits per heavy atom. The highest BCUT2D eigenvalue weighted by Crippen LogP contribution is 2.17. The lowest BCUT2D eigenvalue weighted by atomic mass is 10.1. The Balaban J connectivity index is 1.59. The lowest BCUT2D eigenvalue weighted by molar-refractivity contribution is 0.380. The first kappa shape index (κ1) is 20.9. The molecule has 2 heterocycles. The summed E-state index contributed by atoms with van der Waals surface area (Å²) in [6, 6.07) is 8.29. The lowest BCUT2D eigenvalue weighted by Gasteiger charge is -2.12. The van der Waals surface area contributed by atoms with E-state index in [2.05, 4.69) is 71.2 Å². The van der Waals surface area contributed by atoms with E-state index < -0.39 is 0 Å². The zero-order valence-corrected chi connectivity index (χ0v) is 18.0. The summed E-state index contributed by atoms with van der Waals surface area (Å²) in [5.74, 6) is 2.81. The normalized spacial score (nSPS) is 11.9. The average Bonchev–Trinajstić information content (AvgIpc) is 3.28. The molecule has 0 unspecified atom stereocenters. The largest absolute Gasteiger partial charge is 0.361 e. The predicted molar refractivity (Wildman–Crippen MR) is 117 cm³/mol. The van der Waals surface area contributed by atoms with Crippen LogP contribution in [0.5, 0.6) is 0 Å². The molecule has 1 aromatic carbocycles. The van der Waals surface area contributed by atoms with E-state index >= 15 is 0 Å². The van der Waals surface area contributed by atoms with Gasteiger partial charge in [0.15, 0.2) is 5.96 Å². The summed E-state index contributed by atoms with van der Waals surface area (Å²) >= 11 is 0. The Bertz CT molecular complexity index is 934. The van der Waals surface area contributed by atoms with Crippen molar-refractivity contribution in [3.05, 3.63) is 47.1 Å². The fourth-order valence-electron chi connectivity index (χ4n) is 3.54. The second kappa shape index (κ2) is 10.1. The number of aryl methyl sites for hydroxylation is 4. The molecule has 0 fully saturated rings. The molecule has 0 atom stereocenters. The van der Waals surface area contributed by atoms with Gasteiger partial charge in [-0.3, -0.25) is 0 Å². The topological polar surface area (TPSA) is 80.3 Å². The molecular weight excluding hydrogens is 364 g/mol. The maximum Gasteiger partial charge on any atom is 0.191 e. The molecule has 0 bridgehead atoms. The fourth-order valence-corrected chi connectivity index (χ4v) is 3.54. The number of imidazole rings is 1. The van der Waals surface area contributed by atoms with Gasteiger partial charge in [0.2, 0.25) is 0 Å². The van der Waals surface area contributed by atoms with E-state index in [-0.39, 0.29) is 0 Å². The highest BCUT2D eigenvalue weighted by molar-refractivity contribution is 5.79. The molecule has 0 aliphatic heterocycles. The zero-order valence-electron chi connectivity index (χ0n) is 18.0. The number of benzene rings is 1. The molecule has 156 valence electrons. The van der Waals surface area contributed by atoms with Crippen molar-refractivity contribution in [1.29, 1.82) is 0 Å². The molecule has 0 aliphatic rings. The molecule has 0 radical (unpaired) electrons. The molecule has 0 amide bonds. The SMILES string of the molecule is CCNC(=NCc1c(CC)noc1CC)NCCCn1c(C)nc2ccccc21. The number of guanidine groups is 1. The van der Waals surface area contributed by atoms with Crippen molar-refractivity contribution in [2.45, 2.75) is 60.0 Å². The average molecular weight is 397 g/mol. The molecule has 7 nitrogen and oxygen atoms in total. The lowest BCUT2D eigenvalue weighted by Crippen LogP contribution is -2.38. The van der Waals surface area contributed by atoms with Crippen molar-refractivity contribution < 1.29 is 4.52 Å². The molecule has 0 spiro atoms. The molecule has 2 aromatic heterocycles. The molecule has 3 aromatic rings. The predicted octanol–water partition coefficient (Wildman–Crippen LogP) is 3.60. The first-order valence-electron chi connectivity index (χ1n) is 10.6. The molecular formula is C22H32N6O. The third-order valence-electron chi connectivity index (χ3n) is 5.04. The number of hydrogen-bond acceptors (Lipinski definition) is 4. The van der Waals surface area contributed by atoms with Crippen molar-refractivity contribution in [3.63, 3.8) is 0 Å². The maximum atomic E-state index is 5.45. The Morgan fingerprint density at radius 3 is 2.72 bits per heavy atom. The van der Waals surface area contributed by atoms with E-state index in [1.54, 1.807) is 0 Å². The van der Waals surface area contributed by atoms with E-state index in [1.165, 1.54) is 5.52 Å². The monoisotopic (exact) mass is 396 g/mol. The summed E-state index contributed by atoms with van der Waals surface area (Å²) in [7, 11) is 0. The Kier molecular flexibility index (Phi) is 7.27. The van der Waals surface area contributed by atoms with Crippen LogP contribution in [0.1, 0.15) is 50.0 Å². The molecule has 0 aliphatic carbocycles. The zero-order chi connectivity index (χ0) is 20.6. The van der Waals surface area contributed by atoms with Crippen LogP contribution in [0.15, 0.2) is 33.8 Å². The summed E-state index contributed by atoms with van der Waals surface area (Å²) in [5.41, 5.74) is 4.37. The van der Waals surface area contributed by atoms with Crippen LogP contribution < -0.4 is 10.6 Å². The fraction of sp³-hybridized carbons (Fsp3) is 0.500. The third kappa shape index (κ3) is 4.96. The van der Waals surface area contributed by atoms with Crippen molar-refractivity contribution in [3.8, 4) is 0 Å². The van der Waals surface area contributed by atoms with Gasteiger partial charge in [0.05, 0.1) is 23.3 Å². The van der Waals surface area contributed by atoms with Crippen LogP contribution in [-0.2, 0) is 25.9 Å². The second-order valence-corrected chi connectivity index (χ2v) is 7.01. The molecule has 3 rings (SSSR count). The van der Waals surface area contributed by atoms with E-state index in [4.69, 9.17) is 9.52 Å². The van der Waals surface area contributed by atoms with Gasteiger partial charge in [0.25, 0.3) is 0 Å². The summed E-state index contributed by atoms with van der Waals surface area (Å²) in [4.78, 5) is 9.39. The van der Waals surface area contributed by atoms with Crippen LogP contribution in [0.4, 0.5) is 0 Å². The molecule has 7 heteroatoms. The van der Waals surface area contributed by atoms with Crippen molar-refractivity contribution in [2.24, 2.45) is 4.99 Å². The molecule has 0 saturated carbocycles. The molecule has 29 heavy (non-hydrogen) atoms. The van der Waals surface area contributed by atoms with Crippen molar-refractivity contribution in [1.82, 2.24) is 25.3 Å². The standard InChI is InChI=1S/C22H32N6O/c1-5-18-17(21(6-2)29-27-18)15-25-22(23-7-3)24-13-10-14-28-16(4)26-19-11-8-9-12-20(19)28/h8-9,11-12H,5-7,10,13-15H2,1-4H3,(H2,23,24,25). The van der Waals surface area contributed by atoms with Gasteiger partial charge >= 0.3 is 0 Å². The molecule has 2 N–H and O–H groups in total. The van der Waals surface area contributed by atoms with Crippen LogP contribution >= 0.6 is 0 Å². The van der Waals surface area contributed by atoms with Crippen molar-refractivity contribution >= 4 is 17.0 Å². The number of nitrogens with zero attached hydrogens (tertiary/aromatic N) is 4. The van der Waals surface area contributed by atoms with Gasteiger partial charge in [-0.2, -0.15) is 0 Å². The highest BCUT2D eigenvalue weighted by Gasteiger charge is 2.13. The third-order valence-corrected chi connectivity index (χ3v) is 5.04. The second-order valence-electron chi connectivity index (χ2n) is 7.01. The molecule has 0 saturated heterocycles. The Morgan fingerprint density at radius 1 is 1.14 bits per heavy atom. The maximum absolute atomic E-state index is 5.45. The smallest absolute Gasteiger partial charge is 0.191 e. The minimum Gasteiger partial charge on any atom is -0.361 e. The summed E-state index contributed by atoms with van der Waals surface area (Å²) in [6.07, 6.45) is 2.68. The summed E-state index contributed by atoms with van der Waals surface area (Å²) in [5, 5.41) is 10.9. The van der Waals surface area contributed by atoms with E-state index in [1.807, 2.05) is 6.07 Å². The Hall–Kier alpha value is -2.83. The van der Waals surface area contributed by atoms with Gasteiger partial charge in [-0.25, -0.2) is 9.98 Å². The van der Waals surface area contributed by atoms with E-state index in [9.17, 15) is 0 Å². The van der Waals surface area contributed by atoms with Gasteiger partial charge in [-0.15, -0.1) is 0 Å². The highest BCUT2D eigenvalue weighted by atomic mass is 16.5. The summed E-state index contributed by atoms with van der Waals surface area (Å²) < 4.78 is 7.72. The van der Waals surface area contributed by atoms with Crippen LogP contribution in [-0.4, -0.2) is 33.8 Å². The van der Waals surface area contributed by atoms with Crippen LogP contribution in [0.25, 0.3) is 11.0 Å². The summed E-state index contributed by atoms with van der Waals surface area (Å²) in [6.45, 7) is 11.5. The first-order chi connectivity index (χ1) is 14.2. The van der Waals surface area contributed by atoms with Gasteiger partial charge in [0, 0.05) is 31.6 Å². The number of hydrogen-bond donors (Lipinski definition) is 2. The van der Waals surface area contributed by atoms with Gasteiger partial charge in [-0.05, 0) is 38.8 Å². The quantitative estimate of drug-likeness (QED) is 0.328. The Labute approximate surface area is 172 Å². The van der Waals surface area contributed by atoms with Crippen LogP contribution in [0.2, 0.25) is 0 Å². The number of aromatic nitrogens is 3. The van der Waals surface area contributed by atoms with Crippen LogP contribution in [0.3, 0.4) is 0 Å². The van der Waals surface area contributed by atoms with E-state index in [0.717, 1.165) is 73.2 Å². The van der Waals surface area contributed by atoms with E-state index in [0.29, 0.717) is 6.54 Å².